The van der Waals surface area contributed by atoms with Gasteiger partial charge in [0.25, 0.3) is 5.69 Å². The molecule has 2 aliphatic heterocycles. The number of hydrogen-bond acceptors (Lipinski definition) is 15. The molecule has 21 heteroatoms. The lowest BCUT2D eigenvalue weighted by atomic mass is 9.90. The smallest absolute Gasteiger partial charge is 0.328 e. The SMILES string of the molecule is COC(=O)[C@@H]1CCC(=O)N(CCc2ccccc2)C/C=C/COc2ccc([N+](=O)[O-])cc2C(=O)C[C@H](Cc2ccccc2)C(=O)N1.COC(=O)[C@@H]1CCC(=O)N(Cc2ccc(OC)cc2)C/C=C/COc2cc(Cl)ccc2C(=O)C[C@H](Cc2ccccc2)C(=O)N1. The van der Waals surface area contributed by atoms with E-state index in [1.807, 2.05) is 103 Å². The summed E-state index contributed by atoms with van der Waals surface area (Å²) in [4.78, 5) is 121. The van der Waals surface area contributed by atoms with Crippen LogP contribution >= 0.6 is 11.6 Å². The zero-order chi connectivity index (χ0) is 65.1. The fraction of sp³-hybridized carbons (Fsp3) is 0.314. The number of nitro benzene ring substituents is 1. The number of Topliss-reactive ketones (excluding diaryl/α,β-unsaturated/α-hetero) is 2. The minimum Gasteiger partial charge on any atom is -0.497 e. The van der Waals surface area contributed by atoms with Gasteiger partial charge >= 0.3 is 11.9 Å². The van der Waals surface area contributed by atoms with Gasteiger partial charge in [0.15, 0.2) is 11.6 Å². The molecule has 0 bridgehead atoms. The standard InChI is InChI=1S/C35H37ClN2O7.C35H37N3O8/c1-43-28-13-10-25(11-14-28)23-38-18-6-7-19-45-32-22-27(36)12-15-29(32)31(39)21-26(20-24-8-4-3-5-9-24)34(41)37-30(35(42)44-2)16-17-33(38)40;1-45-35(42)30-15-17-33(40)37(20-18-25-10-4-2-5-11-25)19-8-9-21-46-32-16-14-28(38(43)44)24-29(32)31(39)23-27(34(41)36-30)22-26-12-6-3-7-13-26/h3-15,22,26,30H,16-21,23H2,1-2H3,(H,37,41);2-14,16,24,27,30H,15,17-23H2,1H3,(H,36,41)/b7-6+;9-8+/t26-,30-;27-,30-/m00/s1. The molecule has 20 nitrogen and oxygen atoms in total. The van der Waals surface area contributed by atoms with Gasteiger partial charge in [0.1, 0.15) is 42.5 Å². The number of hydrogen-bond donors (Lipinski definition) is 2. The number of carbonyl (C=O) groups excluding carboxylic acids is 8. The van der Waals surface area contributed by atoms with Crippen molar-refractivity contribution in [3.8, 4) is 17.2 Å². The van der Waals surface area contributed by atoms with Crippen molar-refractivity contribution in [2.45, 2.75) is 76.4 Å². The summed E-state index contributed by atoms with van der Waals surface area (Å²) in [5.74, 6) is -4.34. The van der Waals surface area contributed by atoms with E-state index in [9.17, 15) is 48.5 Å². The first kappa shape index (κ1) is 68.5. The van der Waals surface area contributed by atoms with E-state index in [1.54, 1.807) is 71.5 Å². The lowest BCUT2D eigenvalue weighted by Gasteiger charge is -2.24. The van der Waals surface area contributed by atoms with Crippen LogP contribution in [0.25, 0.3) is 0 Å². The summed E-state index contributed by atoms with van der Waals surface area (Å²) < 4.78 is 27.0. The highest BCUT2D eigenvalue weighted by atomic mass is 35.5. The second-order valence-corrected chi connectivity index (χ2v) is 22.1. The van der Waals surface area contributed by atoms with Crippen molar-refractivity contribution in [2.75, 3.05) is 54.2 Å². The first-order valence-electron chi connectivity index (χ1n) is 29.8. The number of nitrogens with zero attached hydrogens (tertiary/aromatic N) is 3. The fourth-order valence-electron chi connectivity index (χ4n) is 10.3. The molecular weight excluding hydrogens is 1190 g/mol. The number of ether oxygens (including phenoxy) is 5. The number of nitrogens with one attached hydrogen (secondary N) is 2. The van der Waals surface area contributed by atoms with Crippen LogP contribution in [0.2, 0.25) is 5.02 Å². The number of amides is 4. The first-order chi connectivity index (χ1) is 44.0. The minimum absolute atomic E-state index is 0.00700. The average molecular weight is 1260 g/mol. The van der Waals surface area contributed by atoms with Crippen molar-refractivity contribution in [3.05, 3.63) is 224 Å². The molecule has 8 rings (SSSR count). The summed E-state index contributed by atoms with van der Waals surface area (Å²) in [6, 6.07) is 41.8. The number of esters is 2. The Morgan fingerprint density at radius 2 is 1.07 bits per heavy atom. The number of benzene rings is 6. The van der Waals surface area contributed by atoms with Gasteiger partial charge in [-0.15, -0.1) is 0 Å². The van der Waals surface area contributed by atoms with Crippen LogP contribution in [0.3, 0.4) is 0 Å². The summed E-state index contributed by atoms with van der Waals surface area (Å²) >= 11 is 6.24. The molecule has 4 amide bonds. The Balaban J connectivity index is 0.000000259. The van der Waals surface area contributed by atoms with Crippen LogP contribution in [0.1, 0.15) is 81.5 Å². The van der Waals surface area contributed by atoms with E-state index in [4.69, 9.17) is 35.3 Å². The van der Waals surface area contributed by atoms with Gasteiger partial charge < -0.3 is 44.1 Å². The Labute approximate surface area is 533 Å². The third-order valence-corrected chi connectivity index (χ3v) is 15.5. The summed E-state index contributed by atoms with van der Waals surface area (Å²) in [5.41, 5.74) is 3.56. The molecule has 0 radical (unpaired) electrons. The zero-order valence-corrected chi connectivity index (χ0v) is 51.8. The first-order valence-corrected chi connectivity index (χ1v) is 30.2. The highest BCUT2D eigenvalue weighted by molar-refractivity contribution is 6.31. The normalized spacial score (nSPS) is 18.9. The third kappa shape index (κ3) is 21.4. The molecule has 2 heterocycles. The van der Waals surface area contributed by atoms with Gasteiger partial charge in [0, 0.05) is 80.9 Å². The number of halogens is 1. The van der Waals surface area contributed by atoms with Crippen LogP contribution in [0.4, 0.5) is 5.69 Å². The molecule has 476 valence electrons. The molecule has 6 aromatic carbocycles. The largest absolute Gasteiger partial charge is 0.497 e. The topological polar surface area (TPSA) is 256 Å². The number of ketones is 2. The second-order valence-electron chi connectivity index (χ2n) is 21.6. The van der Waals surface area contributed by atoms with Gasteiger partial charge in [-0.2, -0.15) is 0 Å². The van der Waals surface area contributed by atoms with Crippen molar-refractivity contribution in [1.29, 1.82) is 0 Å². The number of carbonyl (C=O) groups is 8. The summed E-state index contributed by atoms with van der Waals surface area (Å²) in [6.07, 6.45) is 7.59. The monoisotopic (exact) mass is 1260 g/mol. The summed E-state index contributed by atoms with van der Waals surface area (Å²) in [6.45, 7) is 1.43. The van der Waals surface area contributed by atoms with Crippen molar-refractivity contribution in [2.24, 2.45) is 11.8 Å². The molecule has 0 fully saturated rings. The van der Waals surface area contributed by atoms with E-state index in [0.717, 1.165) is 28.3 Å². The van der Waals surface area contributed by atoms with Crippen molar-refractivity contribution in [3.63, 3.8) is 0 Å². The van der Waals surface area contributed by atoms with Crippen molar-refractivity contribution in [1.82, 2.24) is 20.4 Å². The van der Waals surface area contributed by atoms with Gasteiger partial charge in [0.2, 0.25) is 23.6 Å². The Morgan fingerprint density at radius 3 is 1.58 bits per heavy atom. The Morgan fingerprint density at radius 1 is 0.571 bits per heavy atom. The molecule has 4 atom stereocenters. The quantitative estimate of drug-likeness (QED) is 0.0472. The average Bonchev–Trinajstić information content (AvgIpc) is 1.63. The Kier molecular flexibility index (Phi) is 26.6. The number of non-ortho nitro benzene ring substituents is 1. The van der Waals surface area contributed by atoms with Gasteiger partial charge in [-0.05, 0) is 103 Å². The predicted octanol–water partition coefficient (Wildman–Crippen LogP) is 9.68. The third-order valence-electron chi connectivity index (χ3n) is 15.3. The fourth-order valence-corrected chi connectivity index (χ4v) is 10.4. The molecule has 0 unspecified atom stereocenters. The van der Waals surface area contributed by atoms with Crippen molar-refractivity contribution < 1.29 is 67.0 Å². The molecule has 0 spiro atoms. The van der Waals surface area contributed by atoms with Crippen LogP contribution in [0.15, 0.2) is 176 Å². The highest BCUT2D eigenvalue weighted by Gasteiger charge is 2.33. The maximum absolute atomic E-state index is 13.7. The van der Waals surface area contributed by atoms with E-state index in [0.29, 0.717) is 41.6 Å². The van der Waals surface area contributed by atoms with E-state index >= 15 is 0 Å². The van der Waals surface area contributed by atoms with E-state index in [2.05, 4.69) is 10.6 Å². The molecule has 91 heavy (non-hydrogen) atoms. The molecule has 2 N–H and O–H groups in total. The van der Waals surface area contributed by atoms with Gasteiger partial charge in [-0.3, -0.25) is 38.9 Å². The maximum Gasteiger partial charge on any atom is 0.328 e. The molecular formula is C70H74ClN5O15. The van der Waals surface area contributed by atoms with Gasteiger partial charge in [0.05, 0.1) is 37.4 Å². The Bertz CT molecular complexity index is 3530. The van der Waals surface area contributed by atoms with E-state index in [1.165, 1.54) is 26.4 Å². The zero-order valence-electron chi connectivity index (χ0n) is 51.0. The van der Waals surface area contributed by atoms with Gasteiger partial charge in [-0.1, -0.05) is 127 Å². The lowest BCUT2D eigenvalue weighted by molar-refractivity contribution is -0.384. The molecule has 2 aliphatic rings. The maximum atomic E-state index is 13.7. The highest BCUT2D eigenvalue weighted by Crippen LogP contribution is 2.30. The van der Waals surface area contributed by atoms with E-state index in [-0.39, 0.29) is 112 Å². The van der Waals surface area contributed by atoms with Crippen LogP contribution < -0.4 is 24.8 Å². The summed E-state index contributed by atoms with van der Waals surface area (Å²) in [7, 11) is 4.01. The van der Waals surface area contributed by atoms with E-state index < -0.39 is 58.4 Å². The molecule has 0 aromatic heterocycles. The molecule has 0 saturated heterocycles. The van der Waals surface area contributed by atoms with Crippen LogP contribution in [-0.4, -0.2) is 128 Å². The Hall–Kier alpha value is -9.95. The molecule has 0 aliphatic carbocycles. The summed E-state index contributed by atoms with van der Waals surface area (Å²) in [5, 5.41) is 17.4. The predicted molar refractivity (Wildman–Crippen MR) is 340 cm³/mol. The number of rotatable bonds is 13. The minimum atomic E-state index is -1.13. The molecule has 0 saturated carbocycles. The number of fused-ring (bicyclic) bond motifs is 2. The molecule has 6 aromatic rings. The van der Waals surface area contributed by atoms with Crippen LogP contribution in [-0.2, 0) is 64.0 Å². The van der Waals surface area contributed by atoms with Gasteiger partial charge in [-0.25, -0.2) is 9.59 Å². The van der Waals surface area contributed by atoms with Crippen molar-refractivity contribution >= 4 is 64.4 Å². The lowest BCUT2D eigenvalue weighted by Crippen LogP contribution is -2.46. The number of nitro groups is 1. The second kappa shape index (κ2) is 35.3. The number of methoxy groups -OCH3 is 3. The van der Waals surface area contributed by atoms with Crippen LogP contribution in [0.5, 0.6) is 17.2 Å². The van der Waals surface area contributed by atoms with Crippen LogP contribution in [0, 0.1) is 22.0 Å².